The fraction of sp³-hybridized carbons (Fsp3) is 0.520. The average Bonchev–Trinajstić information content (AvgIpc) is 3.48. The fourth-order valence-electron chi connectivity index (χ4n) is 4.73. The van der Waals surface area contributed by atoms with Crippen LogP contribution in [0.5, 0.6) is 0 Å². The lowest BCUT2D eigenvalue weighted by molar-refractivity contribution is 0.0511. The second-order valence-corrected chi connectivity index (χ2v) is 8.85. The van der Waals surface area contributed by atoms with E-state index in [2.05, 4.69) is 50.4 Å². The largest absolute Gasteiger partial charge is 0.378 e. The predicted molar refractivity (Wildman–Crippen MR) is 130 cm³/mol. The molecule has 8 heteroatoms. The van der Waals surface area contributed by atoms with Crippen molar-refractivity contribution in [2.75, 3.05) is 75.5 Å². The van der Waals surface area contributed by atoms with Crippen molar-refractivity contribution in [1.29, 1.82) is 0 Å². The Morgan fingerprint density at radius 3 is 2.52 bits per heavy atom. The van der Waals surface area contributed by atoms with Crippen LogP contribution in [0.1, 0.15) is 23.2 Å². The molecular formula is C25H35N5O3. The number of para-hydroxylation sites is 1. The number of carbonyl (C=O) groups is 1. The predicted octanol–water partition coefficient (Wildman–Crippen LogP) is 1.91. The lowest BCUT2D eigenvalue weighted by atomic mass is 9.86. The summed E-state index contributed by atoms with van der Waals surface area (Å²) < 4.78 is 10.7. The van der Waals surface area contributed by atoms with Gasteiger partial charge in [0.1, 0.15) is 5.82 Å². The van der Waals surface area contributed by atoms with E-state index in [4.69, 9.17) is 15.2 Å². The summed E-state index contributed by atoms with van der Waals surface area (Å²) in [5, 5.41) is 2.91. The Morgan fingerprint density at radius 2 is 1.73 bits per heavy atom. The zero-order chi connectivity index (χ0) is 22.9. The molecule has 3 heterocycles. The van der Waals surface area contributed by atoms with E-state index in [9.17, 15) is 4.79 Å². The van der Waals surface area contributed by atoms with Crippen LogP contribution in [-0.2, 0) is 9.47 Å². The first kappa shape index (κ1) is 23.5. The van der Waals surface area contributed by atoms with Crippen molar-refractivity contribution in [3.05, 3.63) is 54.2 Å². The first-order chi connectivity index (χ1) is 16.2. The van der Waals surface area contributed by atoms with Gasteiger partial charge in [-0.15, -0.1) is 0 Å². The van der Waals surface area contributed by atoms with Gasteiger partial charge < -0.3 is 30.3 Å². The number of anilines is 2. The van der Waals surface area contributed by atoms with Gasteiger partial charge in [0.05, 0.1) is 26.4 Å². The molecule has 1 amide bonds. The molecule has 1 aromatic heterocycles. The van der Waals surface area contributed by atoms with Crippen LogP contribution in [0.25, 0.3) is 0 Å². The van der Waals surface area contributed by atoms with E-state index in [0.717, 1.165) is 38.4 Å². The molecule has 1 unspecified atom stereocenters. The van der Waals surface area contributed by atoms with Crippen molar-refractivity contribution in [2.45, 2.75) is 12.8 Å². The molecule has 2 aliphatic heterocycles. The molecule has 2 saturated heterocycles. The van der Waals surface area contributed by atoms with Gasteiger partial charge in [-0.25, -0.2) is 4.98 Å². The maximum Gasteiger partial charge on any atom is 0.251 e. The number of rotatable bonds is 11. The van der Waals surface area contributed by atoms with Crippen molar-refractivity contribution in [1.82, 2.24) is 10.3 Å². The molecule has 4 rings (SSSR count). The Morgan fingerprint density at radius 1 is 1.00 bits per heavy atom. The average molecular weight is 454 g/mol. The van der Waals surface area contributed by atoms with E-state index in [1.165, 1.54) is 12.1 Å². The summed E-state index contributed by atoms with van der Waals surface area (Å²) in [7, 11) is 0. The van der Waals surface area contributed by atoms with E-state index in [1.54, 1.807) is 12.3 Å². The first-order valence-corrected chi connectivity index (χ1v) is 11.8. The molecule has 1 spiro atoms. The van der Waals surface area contributed by atoms with Gasteiger partial charge in [-0.1, -0.05) is 18.2 Å². The number of hydrogen-bond donors (Lipinski definition) is 2. The monoisotopic (exact) mass is 453 g/mol. The van der Waals surface area contributed by atoms with Crippen LogP contribution in [-0.4, -0.2) is 76.6 Å². The summed E-state index contributed by atoms with van der Waals surface area (Å²) in [6, 6.07) is 14.3. The molecule has 0 aliphatic carbocycles. The molecule has 178 valence electrons. The Hall–Kier alpha value is -2.68. The van der Waals surface area contributed by atoms with Crippen molar-refractivity contribution in [2.24, 2.45) is 11.1 Å². The minimum absolute atomic E-state index is 0.105. The number of pyridine rings is 1. The number of ether oxygens (including phenoxy) is 2. The van der Waals surface area contributed by atoms with Gasteiger partial charge in [0.2, 0.25) is 0 Å². The van der Waals surface area contributed by atoms with Crippen LogP contribution in [0.3, 0.4) is 0 Å². The lowest BCUT2D eigenvalue weighted by Gasteiger charge is -2.26. The number of carbonyl (C=O) groups excluding carboxylic acids is 1. The smallest absolute Gasteiger partial charge is 0.251 e. The highest BCUT2D eigenvalue weighted by atomic mass is 16.5. The highest BCUT2D eigenvalue weighted by Crippen LogP contribution is 2.42. The summed E-state index contributed by atoms with van der Waals surface area (Å²) >= 11 is 0. The Kier molecular flexibility index (Phi) is 8.15. The number of nitrogens with one attached hydrogen (secondary N) is 1. The van der Waals surface area contributed by atoms with E-state index in [-0.39, 0.29) is 5.91 Å². The van der Waals surface area contributed by atoms with Crippen LogP contribution >= 0.6 is 0 Å². The van der Waals surface area contributed by atoms with E-state index in [0.29, 0.717) is 50.5 Å². The molecule has 2 aromatic rings. The van der Waals surface area contributed by atoms with E-state index in [1.807, 2.05) is 6.07 Å². The molecule has 33 heavy (non-hydrogen) atoms. The number of nitrogens with zero attached hydrogens (tertiary/aromatic N) is 3. The molecule has 2 aliphatic rings. The van der Waals surface area contributed by atoms with Crippen molar-refractivity contribution in [3.8, 4) is 0 Å². The fourth-order valence-corrected chi connectivity index (χ4v) is 4.73. The van der Waals surface area contributed by atoms with Crippen LogP contribution in [0, 0.1) is 5.41 Å². The zero-order valence-corrected chi connectivity index (χ0v) is 19.2. The summed E-state index contributed by atoms with van der Waals surface area (Å²) in [6.07, 6.45) is 4.07. The van der Waals surface area contributed by atoms with Crippen LogP contribution in [0.15, 0.2) is 48.7 Å². The Balaban J connectivity index is 1.25. The highest BCUT2D eigenvalue weighted by molar-refractivity contribution is 5.94. The number of amides is 1. The summed E-state index contributed by atoms with van der Waals surface area (Å²) in [5.74, 6) is 0.776. The second kappa shape index (κ2) is 11.4. The first-order valence-electron chi connectivity index (χ1n) is 11.8. The normalized spacial score (nSPS) is 20.0. The van der Waals surface area contributed by atoms with Crippen molar-refractivity contribution in [3.63, 3.8) is 0 Å². The van der Waals surface area contributed by atoms with Gasteiger partial charge in [0.15, 0.2) is 0 Å². The number of hydrogen-bond acceptors (Lipinski definition) is 7. The molecule has 3 N–H and O–H groups in total. The Bertz CT molecular complexity index is 897. The van der Waals surface area contributed by atoms with Crippen LogP contribution < -0.4 is 20.9 Å². The topological polar surface area (TPSA) is 93.0 Å². The summed E-state index contributed by atoms with van der Waals surface area (Å²) in [4.78, 5) is 22.0. The molecule has 1 aromatic carbocycles. The van der Waals surface area contributed by atoms with Crippen molar-refractivity contribution < 1.29 is 14.3 Å². The number of benzene rings is 1. The second-order valence-electron chi connectivity index (χ2n) is 8.85. The molecule has 1 atom stereocenters. The van der Waals surface area contributed by atoms with E-state index < -0.39 is 0 Å². The van der Waals surface area contributed by atoms with Crippen molar-refractivity contribution >= 4 is 17.4 Å². The van der Waals surface area contributed by atoms with Gasteiger partial charge in [-0.2, -0.15) is 0 Å². The van der Waals surface area contributed by atoms with E-state index >= 15 is 0 Å². The highest BCUT2D eigenvalue weighted by Gasteiger charge is 2.43. The third-order valence-electron chi connectivity index (χ3n) is 6.50. The standard InChI is InChI=1S/C25H35N5O3/c26-9-14-32-16-17-33-15-11-28-24(31)21-6-10-27-23(18-21)30-13-8-25(20-30)7-12-29(19-25)22-4-2-1-3-5-22/h1-6,10,18H,7-9,11-17,19-20,26H2,(H,28,31). The van der Waals surface area contributed by atoms with Gasteiger partial charge in [-0.05, 0) is 37.1 Å². The van der Waals surface area contributed by atoms with Gasteiger partial charge in [-0.3, -0.25) is 4.79 Å². The summed E-state index contributed by atoms with van der Waals surface area (Å²) in [6.45, 7) is 7.07. The third-order valence-corrected chi connectivity index (χ3v) is 6.50. The number of aromatic nitrogens is 1. The molecule has 0 saturated carbocycles. The number of nitrogens with two attached hydrogens (primary N) is 1. The maximum atomic E-state index is 12.6. The quantitative estimate of drug-likeness (QED) is 0.502. The third kappa shape index (κ3) is 6.22. The van der Waals surface area contributed by atoms with Gasteiger partial charge >= 0.3 is 0 Å². The molecule has 0 radical (unpaired) electrons. The zero-order valence-electron chi connectivity index (χ0n) is 19.2. The van der Waals surface area contributed by atoms with Gasteiger partial charge in [0.25, 0.3) is 5.91 Å². The molecule has 0 bridgehead atoms. The maximum absolute atomic E-state index is 12.6. The Labute approximate surface area is 196 Å². The van der Waals surface area contributed by atoms with Crippen LogP contribution in [0.2, 0.25) is 0 Å². The summed E-state index contributed by atoms with van der Waals surface area (Å²) in [5.41, 5.74) is 7.59. The minimum atomic E-state index is -0.105. The SMILES string of the molecule is NCCOCCOCCNC(=O)c1ccnc(N2CCC3(CCN(c4ccccc4)C3)C2)c1. The molecule has 8 nitrogen and oxygen atoms in total. The molecular weight excluding hydrogens is 418 g/mol. The molecule has 2 fully saturated rings. The lowest BCUT2D eigenvalue weighted by Crippen LogP contribution is -2.31. The van der Waals surface area contributed by atoms with Crippen LogP contribution in [0.4, 0.5) is 11.5 Å². The minimum Gasteiger partial charge on any atom is -0.378 e. The van der Waals surface area contributed by atoms with Gasteiger partial charge in [0, 0.05) is 62.1 Å².